The number of aromatic nitrogens is 2. The highest BCUT2D eigenvalue weighted by Gasteiger charge is 2.36. The van der Waals surface area contributed by atoms with Crippen molar-refractivity contribution in [3.05, 3.63) is 46.6 Å². The second-order valence-electron chi connectivity index (χ2n) is 7.64. The first kappa shape index (κ1) is 15.1. The van der Waals surface area contributed by atoms with Crippen molar-refractivity contribution < 1.29 is 9.32 Å². The maximum atomic E-state index is 12.9. The standard InChI is InChI=1S/C20H23N3O2/c24-18(12-13-6-7-14-3-1-4-16(14)11-13)23-10-2-5-17(23)19-21-20(25-22-19)15-8-9-15/h6-7,11,15,17H,1-5,8-10,12H2/t17-/m0/s1. The molecule has 1 amide bonds. The molecule has 2 aromatic rings. The highest BCUT2D eigenvalue weighted by Crippen LogP contribution is 2.40. The zero-order chi connectivity index (χ0) is 16.8. The Morgan fingerprint density at radius 1 is 1.16 bits per heavy atom. The van der Waals surface area contributed by atoms with Gasteiger partial charge in [-0.3, -0.25) is 4.79 Å². The summed E-state index contributed by atoms with van der Waals surface area (Å²) < 4.78 is 5.40. The molecule has 1 atom stereocenters. The van der Waals surface area contributed by atoms with Gasteiger partial charge in [-0.2, -0.15) is 4.98 Å². The molecule has 5 rings (SSSR count). The first-order chi connectivity index (χ1) is 12.3. The molecule has 25 heavy (non-hydrogen) atoms. The van der Waals surface area contributed by atoms with E-state index < -0.39 is 0 Å². The highest BCUT2D eigenvalue weighted by molar-refractivity contribution is 5.79. The second kappa shape index (κ2) is 5.97. The quantitative estimate of drug-likeness (QED) is 0.858. The van der Waals surface area contributed by atoms with E-state index in [9.17, 15) is 4.79 Å². The predicted molar refractivity (Wildman–Crippen MR) is 92.1 cm³/mol. The lowest BCUT2D eigenvalue weighted by Gasteiger charge is -2.22. The largest absolute Gasteiger partial charge is 0.339 e. The summed E-state index contributed by atoms with van der Waals surface area (Å²) in [5, 5.41) is 4.17. The van der Waals surface area contributed by atoms with Gasteiger partial charge in [0.1, 0.15) is 0 Å². The predicted octanol–water partition coefficient (Wildman–Crippen LogP) is 3.34. The van der Waals surface area contributed by atoms with Crippen molar-refractivity contribution in [3.8, 4) is 0 Å². The molecule has 1 aliphatic heterocycles. The molecule has 3 aliphatic rings. The van der Waals surface area contributed by atoms with E-state index in [2.05, 4.69) is 28.3 Å². The summed E-state index contributed by atoms with van der Waals surface area (Å²) in [4.78, 5) is 19.4. The Morgan fingerprint density at radius 3 is 2.92 bits per heavy atom. The first-order valence-corrected chi connectivity index (χ1v) is 9.51. The maximum absolute atomic E-state index is 12.9. The molecular weight excluding hydrogens is 314 g/mol. The van der Waals surface area contributed by atoms with Crippen molar-refractivity contribution in [1.29, 1.82) is 0 Å². The van der Waals surface area contributed by atoms with Gasteiger partial charge < -0.3 is 9.42 Å². The van der Waals surface area contributed by atoms with Gasteiger partial charge in [0.15, 0.2) is 5.82 Å². The molecule has 130 valence electrons. The molecule has 0 bridgehead atoms. The average Bonchev–Trinajstić information content (AvgIpc) is 3.06. The Labute approximate surface area is 147 Å². The summed E-state index contributed by atoms with van der Waals surface area (Å²) in [6.45, 7) is 0.793. The van der Waals surface area contributed by atoms with Crippen LogP contribution in [-0.2, 0) is 24.1 Å². The molecule has 1 aromatic carbocycles. The maximum Gasteiger partial charge on any atom is 0.229 e. The van der Waals surface area contributed by atoms with Crippen LogP contribution in [-0.4, -0.2) is 27.5 Å². The van der Waals surface area contributed by atoms with Crippen LogP contribution in [0.2, 0.25) is 0 Å². The van der Waals surface area contributed by atoms with Gasteiger partial charge in [0.25, 0.3) is 0 Å². The number of carbonyl (C=O) groups is 1. The van der Waals surface area contributed by atoms with E-state index in [1.54, 1.807) is 0 Å². The highest BCUT2D eigenvalue weighted by atomic mass is 16.5. The summed E-state index contributed by atoms with van der Waals surface area (Å²) in [6.07, 6.45) is 8.27. The number of amides is 1. The summed E-state index contributed by atoms with van der Waals surface area (Å²) >= 11 is 0. The van der Waals surface area contributed by atoms with Crippen LogP contribution in [0.3, 0.4) is 0 Å². The topological polar surface area (TPSA) is 59.2 Å². The number of nitrogens with zero attached hydrogens (tertiary/aromatic N) is 3. The molecule has 0 spiro atoms. The number of rotatable bonds is 4. The van der Waals surface area contributed by atoms with E-state index >= 15 is 0 Å². The Bertz CT molecular complexity index is 809. The number of likely N-dealkylation sites (tertiary alicyclic amines) is 1. The molecule has 0 radical (unpaired) electrons. The first-order valence-electron chi connectivity index (χ1n) is 9.51. The molecule has 2 aliphatic carbocycles. The van der Waals surface area contributed by atoms with Gasteiger partial charge >= 0.3 is 0 Å². The fourth-order valence-electron chi connectivity index (χ4n) is 4.22. The molecule has 1 saturated heterocycles. The van der Waals surface area contributed by atoms with Crippen LogP contribution in [0.1, 0.15) is 72.5 Å². The molecule has 2 heterocycles. The van der Waals surface area contributed by atoms with E-state index in [0.29, 0.717) is 18.2 Å². The van der Waals surface area contributed by atoms with Gasteiger partial charge in [0, 0.05) is 12.5 Å². The third kappa shape index (κ3) is 2.86. The van der Waals surface area contributed by atoms with Gasteiger partial charge in [-0.05, 0) is 61.6 Å². The van der Waals surface area contributed by atoms with Gasteiger partial charge in [-0.1, -0.05) is 23.4 Å². The van der Waals surface area contributed by atoms with Gasteiger partial charge in [-0.25, -0.2) is 0 Å². The minimum atomic E-state index is -0.0156. The number of fused-ring (bicyclic) bond motifs is 1. The minimum absolute atomic E-state index is 0.0156. The molecular formula is C20H23N3O2. The van der Waals surface area contributed by atoms with Crippen molar-refractivity contribution in [2.75, 3.05) is 6.54 Å². The van der Waals surface area contributed by atoms with Crippen LogP contribution in [0, 0.1) is 0 Å². The molecule has 1 aromatic heterocycles. The monoisotopic (exact) mass is 337 g/mol. The van der Waals surface area contributed by atoms with Gasteiger partial charge in [0.2, 0.25) is 11.8 Å². The van der Waals surface area contributed by atoms with Crippen LogP contribution in [0.15, 0.2) is 22.7 Å². The minimum Gasteiger partial charge on any atom is -0.339 e. The Balaban J connectivity index is 1.31. The van der Waals surface area contributed by atoms with Crippen LogP contribution in [0.4, 0.5) is 0 Å². The lowest BCUT2D eigenvalue weighted by Crippen LogP contribution is -2.32. The molecule has 2 fully saturated rings. The average molecular weight is 337 g/mol. The molecule has 0 unspecified atom stereocenters. The van der Waals surface area contributed by atoms with Crippen molar-refractivity contribution in [2.45, 2.75) is 63.3 Å². The molecule has 5 nitrogen and oxygen atoms in total. The number of hydrogen-bond donors (Lipinski definition) is 0. The van der Waals surface area contributed by atoms with Crippen molar-refractivity contribution in [1.82, 2.24) is 15.0 Å². The molecule has 1 saturated carbocycles. The van der Waals surface area contributed by atoms with Gasteiger partial charge in [-0.15, -0.1) is 0 Å². The van der Waals surface area contributed by atoms with E-state index in [0.717, 1.165) is 50.1 Å². The summed E-state index contributed by atoms with van der Waals surface area (Å²) in [5.74, 6) is 2.09. The third-order valence-corrected chi connectivity index (χ3v) is 5.77. The lowest BCUT2D eigenvalue weighted by atomic mass is 10.0. The normalized spacial score (nSPS) is 22.4. The van der Waals surface area contributed by atoms with Crippen LogP contribution in [0.25, 0.3) is 0 Å². The van der Waals surface area contributed by atoms with Crippen molar-refractivity contribution >= 4 is 5.91 Å². The zero-order valence-corrected chi connectivity index (χ0v) is 14.4. The van der Waals surface area contributed by atoms with E-state index in [1.165, 1.54) is 24.0 Å². The van der Waals surface area contributed by atoms with E-state index in [4.69, 9.17) is 4.52 Å². The van der Waals surface area contributed by atoms with Crippen LogP contribution < -0.4 is 0 Å². The fraction of sp³-hybridized carbons (Fsp3) is 0.550. The van der Waals surface area contributed by atoms with Crippen LogP contribution >= 0.6 is 0 Å². The fourth-order valence-corrected chi connectivity index (χ4v) is 4.22. The smallest absolute Gasteiger partial charge is 0.229 e. The molecule has 5 heteroatoms. The SMILES string of the molecule is O=C(Cc1ccc2c(c1)CCC2)N1CCC[C@H]1c1noc(C2CC2)n1. The number of benzene rings is 1. The number of aryl methyl sites for hydroxylation is 2. The summed E-state index contributed by atoms with van der Waals surface area (Å²) in [7, 11) is 0. The second-order valence-corrected chi connectivity index (χ2v) is 7.64. The Morgan fingerprint density at radius 2 is 2.04 bits per heavy atom. The zero-order valence-electron chi connectivity index (χ0n) is 14.4. The molecule has 0 N–H and O–H groups in total. The van der Waals surface area contributed by atoms with Crippen molar-refractivity contribution in [2.24, 2.45) is 0 Å². The Hall–Kier alpha value is -2.17. The Kier molecular flexibility index (Phi) is 3.61. The summed E-state index contributed by atoms with van der Waals surface area (Å²) in [5.41, 5.74) is 4.01. The summed E-state index contributed by atoms with van der Waals surface area (Å²) in [6, 6.07) is 6.53. The van der Waals surface area contributed by atoms with Gasteiger partial charge in [0.05, 0.1) is 12.5 Å². The lowest BCUT2D eigenvalue weighted by molar-refractivity contribution is -0.131. The third-order valence-electron chi connectivity index (χ3n) is 5.77. The van der Waals surface area contributed by atoms with Crippen molar-refractivity contribution in [3.63, 3.8) is 0 Å². The van der Waals surface area contributed by atoms with E-state index in [-0.39, 0.29) is 11.9 Å². The van der Waals surface area contributed by atoms with E-state index in [1.807, 2.05) is 4.90 Å². The van der Waals surface area contributed by atoms with Crippen LogP contribution in [0.5, 0.6) is 0 Å². The number of hydrogen-bond acceptors (Lipinski definition) is 4. The number of carbonyl (C=O) groups excluding carboxylic acids is 1.